The number of rotatable bonds is 6. The van der Waals surface area contributed by atoms with Crippen LogP contribution in [0.25, 0.3) is 0 Å². The zero-order valence-electron chi connectivity index (χ0n) is 14.4. The van der Waals surface area contributed by atoms with E-state index in [1.165, 1.54) is 12.8 Å². The van der Waals surface area contributed by atoms with E-state index in [-0.39, 0.29) is 0 Å². The van der Waals surface area contributed by atoms with Crippen molar-refractivity contribution in [2.75, 3.05) is 16.0 Å². The molecule has 0 unspecified atom stereocenters. The molecule has 134 valence electrons. The number of terminal acetylenes is 1. The van der Waals surface area contributed by atoms with E-state index in [2.05, 4.69) is 36.1 Å². The molecule has 0 atom stereocenters. The molecule has 0 radical (unpaired) electrons. The van der Waals surface area contributed by atoms with E-state index < -0.39 is 5.91 Å². The summed E-state index contributed by atoms with van der Waals surface area (Å²) in [6.07, 6.45) is 9.14. The van der Waals surface area contributed by atoms with Crippen LogP contribution in [0.3, 0.4) is 0 Å². The predicted molar refractivity (Wildman–Crippen MR) is 103 cm³/mol. The first kappa shape index (κ1) is 16.6. The fraction of sp³-hybridized carbons (Fsp3) is 0.158. The molecule has 8 heteroatoms. The quantitative estimate of drug-likeness (QED) is 0.504. The summed E-state index contributed by atoms with van der Waals surface area (Å²) in [4.78, 5) is 20.0. The van der Waals surface area contributed by atoms with Gasteiger partial charge in [-0.25, -0.2) is 4.98 Å². The first-order valence-corrected chi connectivity index (χ1v) is 8.49. The number of carbonyl (C=O) groups is 1. The second-order valence-electron chi connectivity index (χ2n) is 6.18. The van der Waals surface area contributed by atoms with E-state index >= 15 is 0 Å². The summed E-state index contributed by atoms with van der Waals surface area (Å²) in [6.45, 7) is 0. The van der Waals surface area contributed by atoms with E-state index in [9.17, 15) is 4.79 Å². The lowest BCUT2D eigenvalue weighted by atomic mass is 10.2. The van der Waals surface area contributed by atoms with Crippen LogP contribution in [0.4, 0.5) is 29.0 Å². The molecule has 8 nitrogen and oxygen atoms in total. The van der Waals surface area contributed by atoms with Gasteiger partial charge in [0, 0.05) is 35.2 Å². The molecule has 1 aliphatic carbocycles. The Morgan fingerprint density at radius 1 is 1.15 bits per heavy atom. The van der Waals surface area contributed by atoms with Gasteiger partial charge in [-0.1, -0.05) is 6.07 Å². The van der Waals surface area contributed by atoms with Crippen LogP contribution in [0.5, 0.6) is 0 Å². The fourth-order valence-corrected chi connectivity index (χ4v) is 2.59. The Labute approximate surface area is 155 Å². The number of benzene rings is 1. The number of H-pyrrole nitrogens is 1. The minimum absolute atomic E-state index is 0.415. The summed E-state index contributed by atoms with van der Waals surface area (Å²) in [5, 5.41) is 16.2. The molecule has 2 aromatic heterocycles. The van der Waals surface area contributed by atoms with Crippen molar-refractivity contribution in [2.24, 2.45) is 0 Å². The van der Waals surface area contributed by atoms with Gasteiger partial charge in [-0.2, -0.15) is 10.1 Å². The Hall–Kier alpha value is -3.86. The van der Waals surface area contributed by atoms with E-state index in [0.717, 1.165) is 17.2 Å². The number of nitrogens with zero attached hydrogens (tertiary/aromatic N) is 3. The van der Waals surface area contributed by atoms with Crippen LogP contribution in [0.1, 0.15) is 24.5 Å². The normalized spacial score (nSPS) is 12.9. The van der Waals surface area contributed by atoms with Crippen molar-refractivity contribution in [2.45, 2.75) is 18.8 Å². The van der Waals surface area contributed by atoms with Crippen molar-refractivity contribution >= 4 is 34.9 Å². The zero-order chi connectivity index (χ0) is 18.6. The van der Waals surface area contributed by atoms with E-state index in [4.69, 9.17) is 6.42 Å². The van der Waals surface area contributed by atoms with Crippen molar-refractivity contribution in [1.82, 2.24) is 20.2 Å². The second-order valence-corrected chi connectivity index (χ2v) is 6.18. The van der Waals surface area contributed by atoms with Crippen LogP contribution < -0.4 is 16.0 Å². The van der Waals surface area contributed by atoms with Crippen molar-refractivity contribution in [1.29, 1.82) is 0 Å². The molecule has 1 aromatic carbocycles. The molecule has 0 saturated heterocycles. The van der Waals surface area contributed by atoms with Crippen molar-refractivity contribution < 1.29 is 4.79 Å². The average molecular weight is 359 g/mol. The van der Waals surface area contributed by atoms with Gasteiger partial charge >= 0.3 is 0 Å². The lowest BCUT2D eigenvalue weighted by molar-refractivity contribution is -0.111. The van der Waals surface area contributed by atoms with Gasteiger partial charge in [0.15, 0.2) is 5.82 Å². The molecule has 0 spiro atoms. The molecule has 4 N–H and O–H groups in total. The van der Waals surface area contributed by atoms with Crippen LogP contribution in [0, 0.1) is 12.3 Å². The van der Waals surface area contributed by atoms with Crippen molar-refractivity contribution in [3.05, 3.63) is 48.3 Å². The molecule has 2 heterocycles. The first-order valence-electron chi connectivity index (χ1n) is 8.49. The molecular weight excluding hydrogens is 342 g/mol. The summed E-state index contributed by atoms with van der Waals surface area (Å²) in [7, 11) is 0. The number of nitrogens with one attached hydrogen (secondary N) is 4. The molecule has 1 saturated carbocycles. The van der Waals surface area contributed by atoms with Gasteiger partial charge in [-0.15, -0.1) is 6.42 Å². The molecule has 0 aliphatic heterocycles. The van der Waals surface area contributed by atoms with Gasteiger partial charge in [0.25, 0.3) is 5.91 Å². The van der Waals surface area contributed by atoms with Gasteiger partial charge < -0.3 is 16.0 Å². The van der Waals surface area contributed by atoms with Gasteiger partial charge in [-0.3, -0.25) is 9.89 Å². The van der Waals surface area contributed by atoms with Crippen LogP contribution in [0.15, 0.2) is 42.6 Å². The number of aromatic amines is 1. The SMILES string of the molecule is C#CC(=O)Nc1cccc(Nc2nccc(Nc3cc(C4CC4)[nH]n3)n2)c1. The highest BCUT2D eigenvalue weighted by molar-refractivity contribution is 6.03. The topological polar surface area (TPSA) is 108 Å². The molecule has 1 fully saturated rings. The van der Waals surface area contributed by atoms with Crippen LogP contribution >= 0.6 is 0 Å². The third kappa shape index (κ3) is 4.22. The summed E-state index contributed by atoms with van der Waals surface area (Å²) >= 11 is 0. The lowest BCUT2D eigenvalue weighted by Crippen LogP contribution is -2.08. The number of anilines is 5. The maximum Gasteiger partial charge on any atom is 0.300 e. The molecule has 1 aliphatic rings. The molecule has 0 bridgehead atoms. The first-order chi connectivity index (χ1) is 13.2. The maximum atomic E-state index is 11.3. The maximum absolute atomic E-state index is 11.3. The second kappa shape index (κ2) is 7.17. The molecular formula is C19H17N7O. The molecule has 1 amide bonds. The lowest BCUT2D eigenvalue weighted by Gasteiger charge is -2.08. The molecule has 3 aromatic rings. The van der Waals surface area contributed by atoms with Gasteiger partial charge in [-0.05, 0) is 43.0 Å². The largest absolute Gasteiger partial charge is 0.324 e. The Morgan fingerprint density at radius 3 is 2.81 bits per heavy atom. The minimum atomic E-state index is -0.501. The number of hydrogen-bond donors (Lipinski definition) is 4. The van der Waals surface area contributed by atoms with E-state index in [1.807, 2.05) is 18.1 Å². The monoisotopic (exact) mass is 359 g/mol. The standard InChI is InChI=1S/C19H17N7O/c1-2-18(27)21-13-4-3-5-14(10-13)22-19-20-9-8-16(24-19)23-17-11-15(25-26-17)12-6-7-12/h1,3-5,8-12H,6-7H2,(H,21,27)(H3,20,22,23,24,25,26). The highest BCUT2D eigenvalue weighted by Crippen LogP contribution is 2.39. The van der Waals surface area contributed by atoms with Crippen LogP contribution in [-0.4, -0.2) is 26.1 Å². The predicted octanol–water partition coefficient (Wildman–Crippen LogP) is 3.14. The zero-order valence-corrected chi connectivity index (χ0v) is 14.4. The number of carbonyl (C=O) groups excluding carboxylic acids is 1. The number of hydrogen-bond acceptors (Lipinski definition) is 6. The highest BCUT2D eigenvalue weighted by atomic mass is 16.1. The molecule has 27 heavy (non-hydrogen) atoms. The summed E-state index contributed by atoms with van der Waals surface area (Å²) < 4.78 is 0. The van der Waals surface area contributed by atoms with E-state index in [0.29, 0.717) is 23.4 Å². The van der Waals surface area contributed by atoms with Crippen molar-refractivity contribution in [3.8, 4) is 12.3 Å². The van der Waals surface area contributed by atoms with E-state index in [1.54, 1.807) is 30.5 Å². The van der Waals surface area contributed by atoms with Crippen LogP contribution in [-0.2, 0) is 4.79 Å². The van der Waals surface area contributed by atoms with Gasteiger partial charge in [0.2, 0.25) is 5.95 Å². The Morgan fingerprint density at radius 2 is 2.00 bits per heavy atom. The smallest absolute Gasteiger partial charge is 0.300 e. The Bertz CT molecular complexity index is 1020. The third-order valence-corrected chi connectivity index (χ3v) is 4.03. The fourth-order valence-electron chi connectivity index (χ4n) is 2.59. The summed E-state index contributed by atoms with van der Waals surface area (Å²) in [5.41, 5.74) is 2.45. The number of amides is 1. The molecule has 4 rings (SSSR count). The third-order valence-electron chi connectivity index (χ3n) is 4.03. The minimum Gasteiger partial charge on any atom is -0.324 e. The average Bonchev–Trinajstić information content (AvgIpc) is 3.42. The van der Waals surface area contributed by atoms with Gasteiger partial charge in [0.05, 0.1) is 0 Å². The summed E-state index contributed by atoms with van der Waals surface area (Å²) in [6, 6.07) is 10.9. The Kier molecular flexibility index (Phi) is 4.41. The summed E-state index contributed by atoms with van der Waals surface area (Å²) in [5.74, 6) is 3.88. The van der Waals surface area contributed by atoms with Crippen molar-refractivity contribution in [3.63, 3.8) is 0 Å². The highest BCUT2D eigenvalue weighted by Gasteiger charge is 2.25. The Balaban J connectivity index is 1.45. The van der Waals surface area contributed by atoms with Gasteiger partial charge in [0.1, 0.15) is 5.82 Å². The van der Waals surface area contributed by atoms with Crippen LogP contribution in [0.2, 0.25) is 0 Å². The number of aromatic nitrogens is 4.